The average Bonchev–Trinajstić information content (AvgIpc) is 2.34. The third-order valence-corrected chi connectivity index (χ3v) is 10.6. The summed E-state index contributed by atoms with van der Waals surface area (Å²) in [6.45, 7) is 15.7. The van der Waals surface area contributed by atoms with Gasteiger partial charge in [0, 0.05) is 0 Å². The van der Waals surface area contributed by atoms with Crippen molar-refractivity contribution in [3.8, 4) is 0 Å². The fourth-order valence-electron chi connectivity index (χ4n) is 4.66. The minimum absolute atomic E-state index is 0.0635. The van der Waals surface area contributed by atoms with E-state index in [1.165, 1.54) is 19.3 Å². The van der Waals surface area contributed by atoms with Crippen molar-refractivity contribution in [3.05, 3.63) is 0 Å². The van der Waals surface area contributed by atoms with Gasteiger partial charge < -0.3 is 0 Å². The second-order valence-electron chi connectivity index (χ2n) is 9.55. The number of rotatable bonds is 13. The first-order chi connectivity index (χ1) is 11.0. The molecular weight excluding hydrogens is 315 g/mol. The summed E-state index contributed by atoms with van der Waals surface area (Å²) in [6, 6.07) is 0. The predicted molar refractivity (Wildman–Crippen MR) is 111 cm³/mol. The van der Waals surface area contributed by atoms with Gasteiger partial charge in [-0.05, 0) is 0 Å². The van der Waals surface area contributed by atoms with Crippen molar-refractivity contribution in [3.63, 3.8) is 0 Å². The molecule has 0 fully saturated rings. The Morgan fingerprint density at radius 1 is 0.792 bits per heavy atom. The van der Waals surface area contributed by atoms with Gasteiger partial charge in [0.25, 0.3) is 0 Å². The van der Waals surface area contributed by atoms with Crippen LogP contribution >= 0.6 is 6.83 Å². The van der Waals surface area contributed by atoms with E-state index >= 15 is 0 Å². The summed E-state index contributed by atoms with van der Waals surface area (Å²) in [5.41, 5.74) is 0. The molecule has 0 N–H and O–H groups in total. The van der Waals surface area contributed by atoms with Crippen LogP contribution in [0.3, 0.4) is 0 Å². The molecule has 2 nitrogen and oxygen atoms in total. The zero-order chi connectivity index (χ0) is 18.8. The van der Waals surface area contributed by atoms with E-state index in [9.17, 15) is 4.79 Å². The molecule has 0 aliphatic heterocycles. The first-order valence-electron chi connectivity index (χ1n) is 10.2. The van der Waals surface area contributed by atoms with Crippen molar-refractivity contribution in [1.82, 2.24) is 0 Å². The van der Waals surface area contributed by atoms with Crippen LogP contribution in [0.1, 0.15) is 87.0 Å². The zero-order valence-electron chi connectivity index (χ0n) is 17.9. The first-order valence-corrected chi connectivity index (χ1v) is 13.4. The molecule has 24 heavy (non-hydrogen) atoms. The maximum atomic E-state index is 12.7. The molecule has 0 saturated carbocycles. The molecule has 0 aliphatic rings. The fraction of sp³-hybridized carbons (Fsp3) is 0.952. The van der Waals surface area contributed by atoms with Crippen LogP contribution in [0.5, 0.6) is 0 Å². The Morgan fingerprint density at radius 2 is 1.21 bits per heavy atom. The number of carbonyl (C=O) groups is 1. The van der Waals surface area contributed by atoms with Crippen molar-refractivity contribution in [2.75, 3.05) is 25.2 Å². The van der Waals surface area contributed by atoms with Gasteiger partial charge in [-0.15, -0.1) is 0 Å². The number of carbonyl (C=O) groups excluding carboxylic acids is 1. The SMILES string of the molecule is CCCCCCCC(=O)OP(C)(CC(C)C)(CC(C)C)CC(C)C. The molecule has 0 aliphatic carbocycles. The fourth-order valence-corrected chi connectivity index (χ4v) is 12.2. The predicted octanol–water partition coefficient (Wildman–Crippen LogP) is 6.96. The minimum atomic E-state index is -2.47. The summed E-state index contributed by atoms with van der Waals surface area (Å²) in [6.07, 6.45) is 9.71. The topological polar surface area (TPSA) is 26.3 Å². The van der Waals surface area contributed by atoms with Gasteiger partial charge in [-0.25, -0.2) is 0 Å². The molecule has 0 saturated heterocycles. The Bertz CT molecular complexity index is 332. The summed E-state index contributed by atoms with van der Waals surface area (Å²) in [5.74, 6) is 1.78. The average molecular weight is 361 g/mol. The summed E-state index contributed by atoms with van der Waals surface area (Å²) in [4.78, 5) is 12.7. The Kier molecular flexibility index (Phi) is 10.7. The molecule has 0 spiro atoms. The second-order valence-corrected chi connectivity index (χ2v) is 15.2. The monoisotopic (exact) mass is 360 g/mol. The summed E-state index contributed by atoms with van der Waals surface area (Å²) in [5, 5.41) is 0. The zero-order valence-corrected chi connectivity index (χ0v) is 18.8. The van der Waals surface area contributed by atoms with Crippen LogP contribution in [0, 0.1) is 17.8 Å². The van der Waals surface area contributed by atoms with Crippen LogP contribution in [0.2, 0.25) is 0 Å². The van der Waals surface area contributed by atoms with E-state index in [4.69, 9.17) is 4.52 Å². The second kappa shape index (κ2) is 10.8. The Balaban J connectivity index is 5.05. The number of unbranched alkanes of at least 4 members (excludes halogenated alkanes) is 4. The van der Waals surface area contributed by atoms with Crippen LogP contribution in [0.25, 0.3) is 0 Å². The van der Waals surface area contributed by atoms with E-state index in [2.05, 4.69) is 55.1 Å². The van der Waals surface area contributed by atoms with Crippen LogP contribution in [-0.2, 0) is 9.32 Å². The molecule has 146 valence electrons. The van der Waals surface area contributed by atoms with E-state index in [0.29, 0.717) is 24.2 Å². The number of hydrogen-bond acceptors (Lipinski definition) is 2. The summed E-state index contributed by atoms with van der Waals surface area (Å²) < 4.78 is 6.46. The van der Waals surface area contributed by atoms with Crippen LogP contribution in [0.4, 0.5) is 0 Å². The summed E-state index contributed by atoms with van der Waals surface area (Å²) in [7, 11) is 0. The van der Waals surface area contributed by atoms with E-state index < -0.39 is 6.83 Å². The maximum absolute atomic E-state index is 12.7. The first kappa shape index (κ1) is 23.9. The van der Waals surface area contributed by atoms with Gasteiger partial charge >= 0.3 is 152 Å². The van der Waals surface area contributed by atoms with E-state index in [1.807, 2.05) is 0 Å². The van der Waals surface area contributed by atoms with Gasteiger partial charge in [0.05, 0.1) is 0 Å². The summed E-state index contributed by atoms with van der Waals surface area (Å²) >= 11 is 0. The quantitative estimate of drug-likeness (QED) is 0.262. The van der Waals surface area contributed by atoms with E-state index in [-0.39, 0.29) is 5.97 Å². The van der Waals surface area contributed by atoms with Crippen molar-refractivity contribution in [1.29, 1.82) is 0 Å². The van der Waals surface area contributed by atoms with Gasteiger partial charge in [-0.3, -0.25) is 0 Å². The Morgan fingerprint density at radius 3 is 1.58 bits per heavy atom. The van der Waals surface area contributed by atoms with Crippen LogP contribution < -0.4 is 0 Å². The molecule has 0 heterocycles. The van der Waals surface area contributed by atoms with Crippen molar-refractivity contribution >= 4 is 12.8 Å². The molecule has 0 aromatic rings. The normalized spacial score (nSPS) is 14.2. The standard InChI is InChI=1S/C21H45O2P/c1-9-10-11-12-13-14-21(22)23-24(8,15-18(2)3,16-19(4)5)17-20(6)7/h18-20H,9-17H2,1-8H3. The molecule has 3 heteroatoms. The van der Waals surface area contributed by atoms with Gasteiger partial charge in [0.2, 0.25) is 0 Å². The van der Waals surface area contributed by atoms with E-state index in [0.717, 1.165) is 31.3 Å². The molecule has 0 amide bonds. The molecule has 0 rings (SSSR count). The van der Waals surface area contributed by atoms with Gasteiger partial charge in [0.15, 0.2) is 0 Å². The van der Waals surface area contributed by atoms with Crippen molar-refractivity contribution in [2.45, 2.75) is 87.0 Å². The molecule has 0 radical (unpaired) electrons. The molecule has 0 atom stereocenters. The molecule has 0 unspecified atom stereocenters. The number of hydrogen-bond donors (Lipinski definition) is 0. The third kappa shape index (κ3) is 10.0. The third-order valence-electron chi connectivity index (χ3n) is 4.51. The van der Waals surface area contributed by atoms with Gasteiger partial charge in [-0.1, -0.05) is 0 Å². The molecule has 0 bridgehead atoms. The molecule has 0 aromatic carbocycles. The Labute approximate surface area is 152 Å². The van der Waals surface area contributed by atoms with Crippen molar-refractivity contribution in [2.24, 2.45) is 17.8 Å². The molecule has 0 aromatic heterocycles. The van der Waals surface area contributed by atoms with Crippen LogP contribution in [0.15, 0.2) is 0 Å². The Hall–Kier alpha value is -0.100. The van der Waals surface area contributed by atoms with Crippen molar-refractivity contribution < 1.29 is 9.32 Å². The van der Waals surface area contributed by atoms with Crippen LogP contribution in [-0.4, -0.2) is 31.1 Å². The van der Waals surface area contributed by atoms with Gasteiger partial charge in [0.1, 0.15) is 0 Å². The van der Waals surface area contributed by atoms with Gasteiger partial charge in [-0.2, -0.15) is 0 Å². The molecular formula is C21H45O2P. The van der Waals surface area contributed by atoms with E-state index in [1.54, 1.807) is 0 Å².